The van der Waals surface area contributed by atoms with Gasteiger partial charge in [-0.05, 0) is 38.8 Å². The summed E-state index contributed by atoms with van der Waals surface area (Å²) in [6.45, 7) is 7.70. The summed E-state index contributed by atoms with van der Waals surface area (Å²) in [5, 5.41) is 9.14. The van der Waals surface area contributed by atoms with Gasteiger partial charge in [0, 0.05) is 5.70 Å². The Morgan fingerprint density at radius 3 is 2.48 bits per heavy atom. The predicted molar refractivity (Wildman–Crippen MR) is 102 cm³/mol. The molecule has 0 heterocycles. The quantitative estimate of drug-likeness (QED) is 0.287. The normalized spacial score (nSPS) is 13.8. The zero-order valence-electron chi connectivity index (χ0n) is 15.5. The van der Waals surface area contributed by atoms with E-state index in [1.54, 1.807) is 13.8 Å². The number of aliphatic carboxylic acids is 1. The first-order chi connectivity index (χ1) is 12.0. The van der Waals surface area contributed by atoms with E-state index in [2.05, 4.69) is 11.9 Å². The maximum absolute atomic E-state index is 11.1. The van der Waals surface area contributed by atoms with E-state index in [4.69, 9.17) is 9.84 Å². The Balaban J connectivity index is 3.14. The van der Waals surface area contributed by atoms with Gasteiger partial charge < -0.3 is 9.84 Å². The van der Waals surface area contributed by atoms with Gasteiger partial charge in [-0.2, -0.15) is 0 Å². The van der Waals surface area contributed by atoms with E-state index in [9.17, 15) is 4.79 Å². The van der Waals surface area contributed by atoms with Crippen LogP contribution in [-0.4, -0.2) is 16.8 Å². The summed E-state index contributed by atoms with van der Waals surface area (Å²) in [5.41, 5.74) is 2.56. The third-order valence-electron chi connectivity index (χ3n) is 3.61. The highest BCUT2D eigenvalue weighted by Crippen LogP contribution is 2.15. The molecule has 0 radical (unpaired) electrons. The van der Waals surface area contributed by atoms with Gasteiger partial charge in [0.25, 0.3) is 0 Å². The number of aliphatic imine (C=N–C) groups is 1. The Kier molecular flexibility index (Phi) is 9.01. The molecule has 0 atom stereocenters. The number of carboxylic acid groups (broad SMARTS) is 1. The molecule has 0 unspecified atom stereocenters. The average Bonchev–Trinajstić information content (AvgIpc) is 2.61. The molecule has 0 saturated carbocycles. The summed E-state index contributed by atoms with van der Waals surface area (Å²) in [5.74, 6) is -0.289. The van der Waals surface area contributed by atoms with E-state index in [1.807, 2.05) is 55.5 Å². The number of benzene rings is 1. The zero-order valence-corrected chi connectivity index (χ0v) is 15.5. The van der Waals surface area contributed by atoms with Crippen molar-refractivity contribution in [2.75, 3.05) is 0 Å². The SMILES string of the molecule is C\C=C/C=C(OCc1ccccc1)\C(CCC)=N/C(C)=C(\C)C(=O)O. The molecule has 0 bridgehead atoms. The number of carbonyl (C=O) groups is 1. The summed E-state index contributed by atoms with van der Waals surface area (Å²) >= 11 is 0. The summed E-state index contributed by atoms with van der Waals surface area (Å²) < 4.78 is 6.00. The van der Waals surface area contributed by atoms with Crippen LogP contribution in [-0.2, 0) is 16.1 Å². The van der Waals surface area contributed by atoms with E-state index in [0.717, 1.165) is 17.7 Å². The number of hydrogen-bond acceptors (Lipinski definition) is 3. The number of hydrogen-bond donors (Lipinski definition) is 1. The second-order valence-electron chi connectivity index (χ2n) is 5.66. The van der Waals surface area contributed by atoms with Crippen LogP contribution >= 0.6 is 0 Å². The van der Waals surface area contributed by atoms with Crippen molar-refractivity contribution in [2.45, 2.75) is 47.1 Å². The highest BCUT2D eigenvalue weighted by atomic mass is 16.5. The lowest BCUT2D eigenvalue weighted by atomic mass is 10.1. The third-order valence-corrected chi connectivity index (χ3v) is 3.61. The van der Waals surface area contributed by atoms with Crippen LogP contribution in [0.3, 0.4) is 0 Å². The van der Waals surface area contributed by atoms with Crippen LogP contribution in [0.4, 0.5) is 0 Å². The number of ether oxygens (including phenoxy) is 1. The van der Waals surface area contributed by atoms with Crippen molar-refractivity contribution in [2.24, 2.45) is 4.99 Å². The van der Waals surface area contributed by atoms with Crippen molar-refractivity contribution in [3.05, 3.63) is 71.2 Å². The molecule has 134 valence electrons. The van der Waals surface area contributed by atoms with Crippen LogP contribution < -0.4 is 0 Å². The fraction of sp³-hybridized carbons (Fsp3) is 0.333. The molecule has 0 aliphatic rings. The highest BCUT2D eigenvalue weighted by Gasteiger charge is 2.11. The maximum Gasteiger partial charge on any atom is 0.333 e. The molecule has 1 rings (SSSR count). The summed E-state index contributed by atoms with van der Waals surface area (Å²) in [6, 6.07) is 9.91. The van der Waals surface area contributed by atoms with Crippen LogP contribution in [0, 0.1) is 0 Å². The van der Waals surface area contributed by atoms with Crippen molar-refractivity contribution in [1.82, 2.24) is 0 Å². The minimum absolute atomic E-state index is 0.238. The van der Waals surface area contributed by atoms with Crippen LogP contribution in [0.25, 0.3) is 0 Å². The number of rotatable bonds is 9. The second-order valence-corrected chi connectivity index (χ2v) is 5.66. The van der Waals surface area contributed by atoms with Crippen molar-refractivity contribution in [3.8, 4) is 0 Å². The summed E-state index contributed by atoms with van der Waals surface area (Å²) in [6.07, 6.45) is 7.29. The molecule has 0 fully saturated rings. The number of carboxylic acids is 1. The molecule has 4 nitrogen and oxygen atoms in total. The molecule has 0 amide bonds. The van der Waals surface area contributed by atoms with E-state index in [0.29, 0.717) is 24.5 Å². The lowest BCUT2D eigenvalue weighted by Gasteiger charge is -2.13. The average molecular weight is 341 g/mol. The van der Waals surface area contributed by atoms with Crippen molar-refractivity contribution in [3.63, 3.8) is 0 Å². The van der Waals surface area contributed by atoms with E-state index < -0.39 is 5.97 Å². The molecule has 4 heteroatoms. The molecule has 0 aliphatic carbocycles. The highest BCUT2D eigenvalue weighted by molar-refractivity contribution is 5.99. The van der Waals surface area contributed by atoms with Gasteiger partial charge in [-0.3, -0.25) is 4.99 Å². The minimum atomic E-state index is -0.957. The van der Waals surface area contributed by atoms with Crippen molar-refractivity contribution < 1.29 is 14.6 Å². The lowest BCUT2D eigenvalue weighted by Crippen LogP contribution is -2.08. The van der Waals surface area contributed by atoms with Crippen LogP contribution in [0.2, 0.25) is 0 Å². The fourth-order valence-corrected chi connectivity index (χ4v) is 2.06. The van der Waals surface area contributed by atoms with Crippen LogP contribution in [0.5, 0.6) is 0 Å². The van der Waals surface area contributed by atoms with Gasteiger partial charge in [-0.15, -0.1) is 0 Å². The Hall–Kier alpha value is -2.62. The molecular formula is C21H27NO3. The largest absolute Gasteiger partial charge is 0.487 e. The standard InChI is InChI=1S/C21H27NO3/c1-5-7-14-20(25-15-18-12-9-8-10-13-18)19(11-6-2)22-17(4)16(3)21(23)24/h5,7-10,12-14H,6,11,15H2,1-4H3,(H,23,24)/b7-5-,17-16+,20-14+,22-19-. The number of allylic oxidation sites excluding steroid dienone is 5. The molecule has 1 aromatic carbocycles. The Labute approximate surface area is 150 Å². The smallest absolute Gasteiger partial charge is 0.333 e. The maximum atomic E-state index is 11.1. The third kappa shape index (κ3) is 7.21. The van der Waals surface area contributed by atoms with Gasteiger partial charge >= 0.3 is 5.97 Å². The number of nitrogens with zero attached hydrogens (tertiary/aromatic N) is 1. The van der Waals surface area contributed by atoms with Crippen LogP contribution in [0.15, 0.2) is 70.6 Å². The van der Waals surface area contributed by atoms with Gasteiger partial charge in [0.2, 0.25) is 0 Å². The first-order valence-corrected chi connectivity index (χ1v) is 8.48. The van der Waals surface area contributed by atoms with Gasteiger partial charge in [0.15, 0.2) is 0 Å². The van der Waals surface area contributed by atoms with Crippen LogP contribution in [0.1, 0.15) is 46.1 Å². The molecule has 1 aromatic rings. The lowest BCUT2D eigenvalue weighted by molar-refractivity contribution is -0.132. The molecule has 25 heavy (non-hydrogen) atoms. The zero-order chi connectivity index (χ0) is 18.7. The minimum Gasteiger partial charge on any atom is -0.487 e. The first kappa shape index (κ1) is 20.4. The topological polar surface area (TPSA) is 58.9 Å². The predicted octanol–water partition coefficient (Wildman–Crippen LogP) is 5.28. The Bertz CT molecular complexity index is 682. The van der Waals surface area contributed by atoms with Crippen molar-refractivity contribution >= 4 is 11.7 Å². The summed E-state index contributed by atoms with van der Waals surface area (Å²) in [7, 11) is 0. The molecule has 0 aromatic heterocycles. The first-order valence-electron chi connectivity index (χ1n) is 8.48. The Morgan fingerprint density at radius 1 is 1.24 bits per heavy atom. The molecule has 0 saturated heterocycles. The van der Waals surface area contributed by atoms with Gasteiger partial charge in [-0.1, -0.05) is 55.8 Å². The molecule has 1 N–H and O–H groups in total. The van der Waals surface area contributed by atoms with E-state index in [-0.39, 0.29) is 5.57 Å². The fourth-order valence-electron chi connectivity index (χ4n) is 2.06. The summed E-state index contributed by atoms with van der Waals surface area (Å²) in [4.78, 5) is 15.7. The van der Waals surface area contributed by atoms with Gasteiger partial charge in [0.1, 0.15) is 12.4 Å². The van der Waals surface area contributed by atoms with E-state index in [1.165, 1.54) is 0 Å². The second kappa shape index (κ2) is 11.0. The van der Waals surface area contributed by atoms with Crippen molar-refractivity contribution in [1.29, 1.82) is 0 Å². The van der Waals surface area contributed by atoms with Gasteiger partial charge in [-0.25, -0.2) is 4.79 Å². The molecule has 0 spiro atoms. The monoisotopic (exact) mass is 341 g/mol. The Morgan fingerprint density at radius 2 is 1.92 bits per heavy atom. The molecule has 0 aliphatic heterocycles. The van der Waals surface area contributed by atoms with E-state index >= 15 is 0 Å². The van der Waals surface area contributed by atoms with Gasteiger partial charge in [0.05, 0.1) is 11.3 Å². The molecular weight excluding hydrogens is 314 g/mol.